The zero-order valence-corrected chi connectivity index (χ0v) is 8.94. The minimum absolute atomic E-state index is 0.170. The first-order chi connectivity index (χ1) is 7.52. The summed E-state index contributed by atoms with van der Waals surface area (Å²) in [7, 11) is 0. The van der Waals surface area contributed by atoms with Crippen LogP contribution in [0.25, 0.3) is 11.1 Å². The molecule has 84 valence electrons. The number of nitrogen functional groups attached to an aromatic ring is 1. The number of H-pyrrole nitrogens is 1. The molecule has 0 saturated heterocycles. The molecule has 0 saturated carbocycles. The lowest BCUT2D eigenvalue weighted by Crippen LogP contribution is -1.98. The van der Waals surface area contributed by atoms with Gasteiger partial charge in [0.1, 0.15) is 17.5 Å². The summed E-state index contributed by atoms with van der Waals surface area (Å²) in [6.45, 7) is 3.03. The van der Waals surface area contributed by atoms with E-state index in [1.54, 1.807) is 0 Å². The van der Waals surface area contributed by atoms with Gasteiger partial charge in [0.25, 0.3) is 0 Å². The summed E-state index contributed by atoms with van der Waals surface area (Å²) >= 11 is 0. The molecular weight excluding hydrogens is 212 g/mol. The molecule has 16 heavy (non-hydrogen) atoms. The molecule has 1 heterocycles. The van der Waals surface area contributed by atoms with Gasteiger partial charge >= 0.3 is 0 Å². The Labute approximate surface area is 91.3 Å². The molecule has 0 atom stereocenters. The van der Waals surface area contributed by atoms with Crippen molar-refractivity contribution >= 4 is 5.82 Å². The lowest BCUT2D eigenvalue weighted by molar-refractivity contribution is 0.588. The van der Waals surface area contributed by atoms with Gasteiger partial charge in [0, 0.05) is 11.1 Å². The number of aromatic amines is 1. The largest absolute Gasteiger partial charge is 0.384 e. The molecule has 2 aromatic rings. The molecule has 0 unspecified atom stereocenters. The van der Waals surface area contributed by atoms with Gasteiger partial charge in [-0.1, -0.05) is 0 Å². The first-order valence-electron chi connectivity index (χ1n) is 4.76. The molecule has 0 bridgehead atoms. The Morgan fingerprint density at radius 1 is 1.31 bits per heavy atom. The van der Waals surface area contributed by atoms with Crippen LogP contribution in [0.15, 0.2) is 12.3 Å². The van der Waals surface area contributed by atoms with Gasteiger partial charge in [-0.3, -0.25) is 5.10 Å². The predicted molar refractivity (Wildman–Crippen MR) is 57.8 cm³/mol. The summed E-state index contributed by atoms with van der Waals surface area (Å²) < 4.78 is 27.4. The van der Waals surface area contributed by atoms with Crippen molar-refractivity contribution in [3.05, 3.63) is 35.0 Å². The molecule has 0 radical (unpaired) electrons. The van der Waals surface area contributed by atoms with Gasteiger partial charge in [-0.25, -0.2) is 8.78 Å². The van der Waals surface area contributed by atoms with Crippen LogP contribution >= 0.6 is 0 Å². The Kier molecular flexibility index (Phi) is 2.38. The minimum atomic E-state index is -0.466. The normalized spacial score (nSPS) is 10.8. The molecule has 5 heteroatoms. The van der Waals surface area contributed by atoms with Crippen molar-refractivity contribution in [2.45, 2.75) is 13.8 Å². The maximum Gasteiger partial charge on any atom is 0.134 e. The summed E-state index contributed by atoms with van der Waals surface area (Å²) in [4.78, 5) is 0. The van der Waals surface area contributed by atoms with Gasteiger partial charge in [0.15, 0.2) is 0 Å². The van der Waals surface area contributed by atoms with E-state index in [0.29, 0.717) is 5.56 Å². The van der Waals surface area contributed by atoms with Crippen molar-refractivity contribution in [1.82, 2.24) is 10.2 Å². The monoisotopic (exact) mass is 223 g/mol. The van der Waals surface area contributed by atoms with Crippen LogP contribution in [-0.4, -0.2) is 10.2 Å². The van der Waals surface area contributed by atoms with E-state index in [0.717, 1.165) is 0 Å². The average Bonchev–Trinajstić information content (AvgIpc) is 2.63. The number of hydrogen-bond donors (Lipinski definition) is 2. The fourth-order valence-corrected chi connectivity index (χ4v) is 1.66. The number of aryl methyl sites for hydroxylation is 1. The molecule has 3 N–H and O–H groups in total. The third-order valence-electron chi connectivity index (χ3n) is 2.58. The van der Waals surface area contributed by atoms with E-state index in [-0.39, 0.29) is 22.5 Å². The molecule has 3 nitrogen and oxygen atoms in total. The highest BCUT2D eigenvalue weighted by Crippen LogP contribution is 2.32. The standard InChI is InChI=1S/C11H11F2N3/c1-5-3-8(12)6(2)9(10(5)13)7-4-15-16-11(7)14/h3-4H,1-2H3,(H3,14,15,16). The first kappa shape index (κ1) is 10.6. The summed E-state index contributed by atoms with van der Waals surface area (Å²) in [5, 5.41) is 6.20. The summed E-state index contributed by atoms with van der Waals surface area (Å²) in [6.07, 6.45) is 1.39. The minimum Gasteiger partial charge on any atom is -0.384 e. The maximum absolute atomic E-state index is 13.9. The number of anilines is 1. The zero-order valence-electron chi connectivity index (χ0n) is 8.94. The van der Waals surface area contributed by atoms with E-state index in [2.05, 4.69) is 10.2 Å². The number of aromatic nitrogens is 2. The van der Waals surface area contributed by atoms with Crippen LogP contribution < -0.4 is 5.73 Å². The third kappa shape index (κ3) is 1.44. The maximum atomic E-state index is 13.9. The molecule has 1 aromatic carbocycles. The summed E-state index contributed by atoms with van der Waals surface area (Å²) in [6, 6.07) is 1.17. The van der Waals surface area contributed by atoms with Crippen molar-refractivity contribution in [1.29, 1.82) is 0 Å². The summed E-state index contributed by atoms with van der Waals surface area (Å²) in [5.41, 5.74) is 6.64. The van der Waals surface area contributed by atoms with Crippen molar-refractivity contribution in [3.63, 3.8) is 0 Å². The first-order valence-corrected chi connectivity index (χ1v) is 4.76. The number of nitrogens with one attached hydrogen (secondary N) is 1. The van der Waals surface area contributed by atoms with Gasteiger partial charge in [0.05, 0.1) is 6.20 Å². The van der Waals surface area contributed by atoms with E-state index in [1.807, 2.05) is 0 Å². The van der Waals surface area contributed by atoms with Crippen LogP contribution in [0.5, 0.6) is 0 Å². The van der Waals surface area contributed by atoms with E-state index in [9.17, 15) is 8.78 Å². The van der Waals surface area contributed by atoms with Crippen molar-refractivity contribution in [2.24, 2.45) is 0 Å². The summed E-state index contributed by atoms with van der Waals surface area (Å²) in [5.74, 6) is -0.687. The van der Waals surface area contributed by atoms with E-state index in [4.69, 9.17) is 5.73 Å². The number of halogens is 2. The molecule has 2 rings (SSSR count). The van der Waals surface area contributed by atoms with Gasteiger partial charge < -0.3 is 5.73 Å². The van der Waals surface area contributed by atoms with Gasteiger partial charge in [-0.15, -0.1) is 0 Å². The quantitative estimate of drug-likeness (QED) is 0.780. The smallest absolute Gasteiger partial charge is 0.134 e. The van der Waals surface area contributed by atoms with Gasteiger partial charge in [-0.05, 0) is 31.0 Å². The highest BCUT2D eigenvalue weighted by atomic mass is 19.1. The van der Waals surface area contributed by atoms with E-state index in [1.165, 1.54) is 26.1 Å². The zero-order chi connectivity index (χ0) is 11.9. The molecule has 0 fully saturated rings. The number of rotatable bonds is 1. The van der Waals surface area contributed by atoms with E-state index < -0.39 is 11.6 Å². The fourth-order valence-electron chi connectivity index (χ4n) is 1.66. The predicted octanol–water partition coefficient (Wildman–Crippen LogP) is 2.55. The Morgan fingerprint density at radius 2 is 2.00 bits per heavy atom. The number of nitrogens with two attached hydrogens (primary N) is 1. The Morgan fingerprint density at radius 3 is 2.56 bits per heavy atom. The number of nitrogens with zero attached hydrogens (tertiary/aromatic N) is 1. The van der Waals surface area contributed by atoms with Crippen molar-refractivity contribution in [3.8, 4) is 11.1 Å². The second-order valence-corrected chi connectivity index (χ2v) is 3.69. The number of hydrogen-bond acceptors (Lipinski definition) is 2. The molecule has 0 aliphatic heterocycles. The van der Waals surface area contributed by atoms with Crippen LogP contribution in [0.2, 0.25) is 0 Å². The van der Waals surface area contributed by atoms with Crippen LogP contribution in [0.3, 0.4) is 0 Å². The molecule has 0 amide bonds. The number of benzene rings is 1. The fraction of sp³-hybridized carbons (Fsp3) is 0.182. The molecule has 1 aromatic heterocycles. The van der Waals surface area contributed by atoms with Crippen molar-refractivity contribution in [2.75, 3.05) is 5.73 Å². The van der Waals surface area contributed by atoms with Crippen molar-refractivity contribution < 1.29 is 8.78 Å². The van der Waals surface area contributed by atoms with Crippen LogP contribution in [0, 0.1) is 25.5 Å². The van der Waals surface area contributed by atoms with Crippen LogP contribution in [-0.2, 0) is 0 Å². The Bertz CT molecular complexity index is 520. The topological polar surface area (TPSA) is 54.7 Å². The molecule has 0 aliphatic carbocycles. The Hall–Kier alpha value is -1.91. The highest BCUT2D eigenvalue weighted by Gasteiger charge is 2.18. The van der Waals surface area contributed by atoms with Gasteiger partial charge in [-0.2, -0.15) is 5.10 Å². The second-order valence-electron chi connectivity index (χ2n) is 3.69. The highest BCUT2D eigenvalue weighted by molar-refractivity contribution is 5.76. The second kappa shape index (κ2) is 3.59. The molecule has 0 aliphatic rings. The Balaban J connectivity index is 2.79. The van der Waals surface area contributed by atoms with Crippen LogP contribution in [0.1, 0.15) is 11.1 Å². The van der Waals surface area contributed by atoms with Crippen LogP contribution in [0.4, 0.5) is 14.6 Å². The SMILES string of the molecule is Cc1cc(F)c(C)c(-c2cn[nH]c2N)c1F. The third-order valence-corrected chi connectivity index (χ3v) is 2.58. The average molecular weight is 223 g/mol. The lowest BCUT2D eigenvalue weighted by atomic mass is 9.99. The molecule has 0 spiro atoms. The molecular formula is C11H11F2N3. The van der Waals surface area contributed by atoms with E-state index >= 15 is 0 Å². The lowest BCUT2D eigenvalue weighted by Gasteiger charge is -2.09. The van der Waals surface area contributed by atoms with Gasteiger partial charge in [0.2, 0.25) is 0 Å².